The van der Waals surface area contributed by atoms with Gasteiger partial charge in [-0.3, -0.25) is 9.59 Å². The van der Waals surface area contributed by atoms with Crippen molar-refractivity contribution in [1.29, 1.82) is 0 Å². The summed E-state index contributed by atoms with van der Waals surface area (Å²) in [5.74, 6) is -1.07. The number of halogens is 1. The molecule has 1 amide bonds. The maximum absolute atomic E-state index is 14.7. The molecule has 5 heteroatoms. The van der Waals surface area contributed by atoms with Gasteiger partial charge < -0.3 is 10.3 Å². The second-order valence-corrected chi connectivity index (χ2v) is 7.53. The average molecular weight is 366 g/mol. The number of hydrogen-bond donors (Lipinski definition) is 2. The molecule has 4 rings (SSSR count). The third-order valence-electron chi connectivity index (χ3n) is 5.90. The Balaban J connectivity index is 1.77. The minimum absolute atomic E-state index is 0.0215. The Bertz CT molecular complexity index is 1080. The number of hydrogen-bond acceptors (Lipinski definition) is 2. The summed E-state index contributed by atoms with van der Waals surface area (Å²) < 4.78 is 14.7. The molecule has 1 heterocycles. The lowest BCUT2D eigenvalue weighted by molar-refractivity contribution is 0.0860. The van der Waals surface area contributed by atoms with E-state index in [9.17, 15) is 14.0 Å². The van der Waals surface area contributed by atoms with Crippen LogP contribution in [0.3, 0.4) is 0 Å². The van der Waals surface area contributed by atoms with Crippen LogP contribution in [0.25, 0.3) is 21.8 Å². The zero-order chi connectivity index (χ0) is 19.0. The Morgan fingerprint density at radius 2 is 1.85 bits per heavy atom. The van der Waals surface area contributed by atoms with Crippen LogP contribution in [0.15, 0.2) is 41.2 Å². The van der Waals surface area contributed by atoms with Crippen LogP contribution in [-0.4, -0.2) is 16.4 Å². The summed E-state index contributed by atoms with van der Waals surface area (Å²) in [7, 11) is 0. The first-order valence-corrected chi connectivity index (χ1v) is 9.60. The van der Waals surface area contributed by atoms with Gasteiger partial charge >= 0.3 is 0 Å². The number of carbonyl (C=O) groups excluding carboxylic acids is 1. The summed E-state index contributed by atoms with van der Waals surface area (Å²) in [5, 5.41) is 3.85. The van der Waals surface area contributed by atoms with E-state index >= 15 is 0 Å². The number of benzene rings is 2. The molecule has 1 aliphatic carbocycles. The molecule has 0 saturated heterocycles. The minimum Gasteiger partial charge on any atom is -0.354 e. The highest BCUT2D eigenvalue weighted by Crippen LogP contribution is 2.31. The van der Waals surface area contributed by atoms with Crippen LogP contribution in [0.5, 0.6) is 0 Å². The van der Waals surface area contributed by atoms with E-state index in [4.69, 9.17) is 0 Å². The number of aromatic amines is 1. The van der Waals surface area contributed by atoms with E-state index in [2.05, 4.69) is 17.2 Å². The van der Waals surface area contributed by atoms with Crippen LogP contribution < -0.4 is 10.7 Å². The Labute approximate surface area is 156 Å². The third kappa shape index (κ3) is 3.11. The fraction of sp³-hybridized carbons (Fsp3) is 0.364. The molecule has 27 heavy (non-hydrogen) atoms. The summed E-state index contributed by atoms with van der Waals surface area (Å²) in [6, 6.07) is 9.74. The van der Waals surface area contributed by atoms with Crippen LogP contribution >= 0.6 is 0 Å². The molecule has 0 radical (unpaired) electrons. The van der Waals surface area contributed by atoms with Crippen molar-refractivity contribution in [3.8, 4) is 0 Å². The topological polar surface area (TPSA) is 62.0 Å². The van der Waals surface area contributed by atoms with Crippen molar-refractivity contribution < 1.29 is 9.18 Å². The normalized spacial score (nSPS) is 16.5. The molecule has 0 aliphatic heterocycles. The molecule has 2 N–H and O–H groups in total. The fourth-order valence-corrected chi connectivity index (χ4v) is 4.22. The maximum atomic E-state index is 14.7. The number of aromatic nitrogens is 1. The summed E-state index contributed by atoms with van der Waals surface area (Å²) in [4.78, 5) is 28.6. The lowest BCUT2D eigenvalue weighted by atomic mass is 9.79. The van der Waals surface area contributed by atoms with Gasteiger partial charge in [0.15, 0.2) is 5.43 Å². The maximum Gasteiger partial charge on any atom is 0.254 e. The van der Waals surface area contributed by atoms with E-state index in [1.54, 1.807) is 18.2 Å². The molecule has 0 bridgehead atoms. The molecule has 1 aromatic heterocycles. The van der Waals surface area contributed by atoms with E-state index < -0.39 is 11.7 Å². The number of fused-ring (bicyclic) bond motifs is 2. The lowest BCUT2D eigenvalue weighted by Crippen LogP contribution is -2.49. The van der Waals surface area contributed by atoms with Crippen molar-refractivity contribution in [2.75, 3.05) is 0 Å². The van der Waals surface area contributed by atoms with E-state index in [0.717, 1.165) is 32.1 Å². The van der Waals surface area contributed by atoms with Gasteiger partial charge in [0.05, 0.1) is 11.1 Å². The zero-order valence-electron chi connectivity index (χ0n) is 15.4. The summed E-state index contributed by atoms with van der Waals surface area (Å²) in [5.41, 5.74) is 0.632. The first-order valence-electron chi connectivity index (χ1n) is 9.60. The predicted octanol–water partition coefficient (Wildman–Crippen LogP) is 4.66. The second kappa shape index (κ2) is 6.80. The average Bonchev–Trinajstić information content (AvgIpc) is 2.69. The molecule has 2 aromatic carbocycles. The van der Waals surface area contributed by atoms with Crippen LogP contribution in [-0.2, 0) is 0 Å². The number of H-pyrrole nitrogens is 1. The molecule has 1 fully saturated rings. The van der Waals surface area contributed by atoms with E-state index in [-0.39, 0.29) is 21.9 Å². The SMILES string of the molecule is CCC1(NC(=O)c2cc3[nH]c4ccccc4c(=O)c3cc2F)CCCCC1. The van der Waals surface area contributed by atoms with Gasteiger partial charge in [0.1, 0.15) is 5.82 Å². The molecule has 0 spiro atoms. The van der Waals surface area contributed by atoms with Gasteiger partial charge in [-0.15, -0.1) is 0 Å². The first kappa shape index (κ1) is 17.7. The first-order chi connectivity index (χ1) is 13.0. The van der Waals surface area contributed by atoms with Gasteiger partial charge in [-0.1, -0.05) is 38.3 Å². The van der Waals surface area contributed by atoms with E-state index in [1.807, 2.05) is 6.07 Å². The molecule has 1 aliphatic rings. The van der Waals surface area contributed by atoms with Crippen molar-refractivity contribution in [3.05, 3.63) is 58.0 Å². The monoisotopic (exact) mass is 366 g/mol. The quantitative estimate of drug-likeness (QED) is 0.662. The van der Waals surface area contributed by atoms with E-state index in [1.165, 1.54) is 18.6 Å². The fourth-order valence-electron chi connectivity index (χ4n) is 4.22. The standard InChI is InChI=1S/C22H23FN2O2/c1-2-22(10-6-3-7-11-22)25-21(27)15-13-19-16(12-17(15)23)20(26)14-8-4-5-9-18(14)24-19/h4-5,8-9,12-13H,2-3,6-7,10-11H2,1H3,(H,24,26)(H,25,27). The number of rotatable bonds is 3. The highest BCUT2D eigenvalue weighted by Gasteiger charge is 2.32. The van der Waals surface area contributed by atoms with E-state index in [0.29, 0.717) is 16.4 Å². The molecular weight excluding hydrogens is 343 g/mol. The molecule has 4 nitrogen and oxygen atoms in total. The minimum atomic E-state index is -0.664. The lowest BCUT2D eigenvalue weighted by Gasteiger charge is -2.37. The van der Waals surface area contributed by atoms with Crippen molar-refractivity contribution in [2.45, 2.75) is 51.0 Å². The number of carbonyl (C=O) groups is 1. The third-order valence-corrected chi connectivity index (χ3v) is 5.90. The van der Waals surface area contributed by atoms with Crippen LogP contribution in [0.1, 0.15) is 55.8 Å². The Morgan fingerprint density at radius 1 is 1.11 bits per heavy atom. The molecular formula is C22H23FN2O2. The molecule has 140 valence electrons. The Hall–Kier alpha value is -2.69. The smallest absolute Gasteiger partial charge is 0.254 e. The number of amides is 1. The molecule has 0 unspecified atom stereocenters. The predicted molar refractivity (Wildman–Crippen MR) is 106 cm³/mol. The van der Waals surface area contributed by atoms with Gasteiger partial charge in [0.25, 0.3) is 5.91 Å². The van der Waals surface area contributed by atoms with Gasteiger partial charge in [-0.25, -0.2) is 4.39 Å². The van der Waals surface area contributed by atoms with Crippen molar-refractivity contribution >= 4 is 27.7 Å². The number of nitrogens with one attached hydrogen (secondary N) is 2. The molecule has 3 aromatic rings. The van der Waals surface area contributed by atoms with Crippen LogP contribution in [0.4, 0.5) is 4.39 Å². The highest BCUT2D eigenvalue weighted by molar-refractivity contribution is 6.00. The zero-order valence-corrected chi connectivity index (χ0v) is 15.4. The summed E-state index contributed by atoms with van der Waals surface area (Å²) >= 11 is 0. The van der Waals surface area contributed by atoms with Crippen LogP contribution in [0, 0.1) is 5.82 Å². The van der Waals surface area contributed by atoms with Crippen molar-refractivity contribution in [2.24, 2.45) is 0 Å². The Morgan fingerprint density at radius 3 is 2.59 bits per heavy atom. The summed E-state index contributed by atoms with van der Waals surface area (Å²) in [6.07, 6.45) is 6.00. The highest BCUT2D eigenvalue weighted by atomic mass is 19.1. The number of pyridine rings is 1. The largest absolute Gasteiger partial charge is 0.354 e. The van der Waals surface area contributed by atoms with Gasteiger partial charge in [0, 0.05) is 21.8 Å². The van der Waals surface area contributed by atoms with Crippen molar-refractivity contribution in [3.63, 3.8) is 0 Å². The van der Waals surface area contributed by atoms with Crippen LogP contribution in [0.2, 0.25) is 0 Å². The Kier molecular flexibility index (Phi) is 4.46. The van der Waals surface area contributed by atoms with Crippen molar-refractivity contribution in [1.82, 2.24) is 10.3 Å². The van der Waals surface area contributed by atoms with Gasteiger partial charge in [0.2, 0.25) is 0 Å². The molecule has 1 saturated carbocycles. The second-order valence-electron chi connectivity index (χ2n) is 7.53. The summed E-state index contributed by atoms with van der Waals surface area (Å²) in [6.45, 7) is 2.06. The van der Waals surface area contributed by atoms with Gasteiger partial charge in [-0.05, 0) is 43.5 Å². The molecule has 0 atom stereocenters. The number of para-hydroxylation sites is 1. The van der Waals surface area contributed by atoms with Gasteiger partial charge in [-0.2, -0.15) is 0 Å².